The van der Waals surface area contributed by atoms with E-state index in [2.05, 4.69) is 27.3 Å². The van der Waals surface area contributed by atoms with Crippen LogP contribution >= 0.6 is 0 Å². The molecular weight excluding hydrogens is 346 g/mol. The number of benzene rings is 1. The summed E-state index contributed by atoms with van der Waals surface area (Å²) in [5, 5.41) is 6.15. The molecule has 0 unspecified atom stereocenters. The van der Waals surface area contributed by atoms with Gasteiger partial charge >= 0.3 is 5.69 Å². The number of hydrogen-bond donors (Lipinski definition) is 2. The Balaban J connectivity index is 1.45. The van der Waals surface area contributed by atoms with Crippen LogP contribution in [0.1, 0.15) is 30.8 Å². The molecule has 4 rings (SSSR count). The summed E-state index contributed by atoms with van der Waals surface area (Å²) in [6.45, 7) is 3.64. The third-order valence-corrected chi connectivity index (χ3v) is 5.69. The van der Waals surface area contributed by atoms with E-state index in [-0.39, 0.29) is 29.5 Å². The van der Waals surface area contributed by atoms with Gasteiger partial charge in [0, 0.05) is 51.2 Å². The second-order valence-electron chi connectivity index (χ2n) is 7.37. The number of aryl methyl sites for hydroxylation is 1. The lowest BCUT2D eigenvalue weighted by Crippen LogP contribution is -2.36. The first-order valence-electron chi connectivity index (χ1n) is 9.26. The molecule has 3 heterocycles. The Kier molecular flexibility index (Phi) is 4.55. The number of aromatic amines is 2. The van der Waals surface area contributed by atoms with Crippen LogP contribution in [0.15, 0.2) is 35.1 Å². The van der Waals surface area contributed by atoms with E-state index in [1.54, 1.807) is 6.92 Å². The zero-order valence-corrected chi connectivity index (χ0v) is 15.2. The molecule has 0 bridgehead atoms. The lowest BCUT2D eigenvalue weighted by Gasteiger charge is -2.29. The molecule has 0 radical (unpaired) electrons. The number of rotatable bonds is 4. The fourth-order valence-corrected chi connectivity index (χ4v) is 4.46. The maximum Gasteiger partial charge on any atom is 0.340 e. The first kappa shape index (κ1) is 17.5. The van der Waals surface area contributed by atoms with E-state index in [0.717, 1.165) is 5.56 Å². The average molecular weight is 369 g/mol. The SMILES string of the molecule is CC(=O)N1C[C@H]2CN(C(=O)CCc3n[nH]c(=O)[nH]3)C[C@H]2[C@@H]1c1ccccc1. The van der Waals surface area contributed by atoms with Crippen LogP contribution in [0.3, 0.4) is 0 Å². The predicted molar refractivity (Wildman–Crippen MR) is 97.7 cm³/mol. The van der Waals surface area contributed by atoms with Gasteiger partial charge in [0.05, 0.1) is 6.04 Å². The van der Waals surface area contributed by atoms with Gasteiger partial charge in [0.15, 0.2) is 0 Å². The van der Waals surface area contributed by atoms with Crippen LogP contribution in [0.2, 0.25) is 0 Å². The molecule has 0 spiro atoms. The largest absolute Gasteiger partial charge is 0.342 e. The van der Waals surface area contributed by atoms with E-state index in [1.807, 2.05) is 28.0 Å². The van der Waals surface area contributed by atoms with Crippen LogP contribution in [0.4, 0.5) is 0 Å². The summed E-state index contributed by atoms with van der Waals surface area (Å²) < 4.78 is 0. The van der Waals surface area contributed by atoms with Crippen molar-refractivity contribution in [1.82, 2.24) is 25.0 Å². The number of fused-ring (bicyclic) bond motifs is 1. The molecule has 2 aliphatic rings. The number of aromatic nitrogens is 3. The van der Waals surface area contributed by atoms with Crippen molar-refractivity contribution < 1.29 is 9.59 Å². The predicted octanol–water partition coefficient (Wildman–Crippen LogP) is 0.709. The highest BCUT2D eigenvalue weighted by Crippen LogP contribution is 2.45. The fraction of sp³-hybridized carbons (Fsp3) is 0.474. The van der Waals surface area contributed by atoms with Crippen LogP contribution < -0.4 is 5.69 Å². The minimum atomic E-state index is -0.358. The van der Waals surface area contributed by atoms with Crippen LogP contribution in [-0.4, -0.2) is 56.4 Å². The molecule has 27 heavy (non-hydrogen) atoms. The van der Waals surface area contributed by atoms with Crippen molar-refractivity contribution in [2.45, 2.75) is 25.8 Å². The van der Waals surface area contributed by atoms with Crippen LogP contribution in [0.5, 0.6) is 0 Å². The van der Waals surface area contributed by atoms with Crippen molar-refractivity contribution >= 4 is 11.8 Å². The second kappa shape index (κ2) is 7.02. The van der Waals surface area contributed by atoms with Gasteiger partial charge in [-0.2, -0.15) is 5.10 Å². The zero-order chi connectivity index (χ0) is 19.0. The van der Waals surface area contributed by atoms with E-state index >= 15 is 0 Å². The third kappa shape index (κ3) is 3.39. The summed E-state index contributed by atoms with van der Waals surface area (Å²) in [4.78, 5) is 42.3. The van der Waals surface area contributed by atoms with Crippen LogP contribution in [-0.2, 0) is 16.0 Å². The van der Waals surface area contributed by atoms with Crippen LogP contribution in [0.25, 0.3) is 0 Å². The summed E-state index contributed by atoms with van der Waals surface area (Å²) in [6, 6.07) is 10.1. The number of H-pyrrole nitrogens is 2. The number of nitrogens with one attached hydrogen (secondary N) is 2. The Morgan fingerprint density at radius 2 is 1.96 bits per heavy atom. The van der Waals surface area contributed by atoms with Gasteiger partial charge in [-0.25, -0.2) is 9.89 Å². The number of nitrogens with zero attached hydrogens (tertiary/aromatic N) is 3. The zero-order valence-electron chi connectivity index (χ0n) is 15.2. The average Bonchev–Trinajstić information content (AvgIpc) is 3.34. The summed E-state index contributed by atoms with van der Waals surface area (Å²) in [7, 11) is 0. The Labute approximate surface area is 156 Å². The van der Waals surface area contributed by atoms with E-state index < -0.39 is 0 Å². The molecule has 3 atom stereocenters. The number of hydrogen-bond acceptors (Lipinski definition) is 4. The van der Waals surface area contributed by atoms with Gasteiger partial charge in [-0.3, -0.25) is 14.6 Å². The summed E-state index contributed by atoms with van der Waals surface area (Å²) >= 11 is 0. The van der Waals surface area contributed by atoms with Crippen molar-refractivity contribution in [2.24, 2.45) is 11.8 Å². The van der Waals surface area contributed by atoms with Gasteiger partial charge in [0.2, 0.25) is 11.8 Å². The molecular formula is C19H23N5O3. The molecule has 1 aromatic carbocycles. The monoisotopic (exact) mass is 369 g/mol. The van der Waals surface area contributed by atoms with E-state index in [4.69, 9.17) is 0 Å². The second-order valence-corrected chi connectivity index (χ2v) is 7.37. The summed E-state index contributed by atoms with van der Waals surface area (Å²) in [5.41, 5.74) is 0.770. The first-order valence-corrected chi connectivity index (χ1v) is 9.26. The smallest absolute Gasteiger partial charge is 0.340 e. The van der Waals surface area contributed by atoms with Crippen LogP contribution in [0, 0.1) is 11.8 Å². The molecule has 2 aliphatic heterocycles. The van der Waals surface area contributed by atoms with Gasteiger partial charge in [-0.05, 0) is 5.56 Å². The van der Waals surface area contributed by atoms with Crippen molar-refractivity contribution in [1.29, 1.82) is 0 Å². The van der Waals surface area contributed by atoms with Crippen molar-refractivity contribution in [3.05, 3.63) is 52.2 Å². The first-order chi connectivity index (χ1) is 13.0. The quantitative estimate of drug-likeness (QED) is 0.828. The number of amides is 2. The number of likely N-dealkylation sites (tertiary alicyclic amines) is 2. The molecule has 0 saturated carbocycles. The Morgan fingerprint density at radius 3 is 2.63 bits per heavy atom. The lowest BCUT2D eigenvalue weighted by molar-refractivity contribution is -0.131. The Hall–Kier alpha value is -2.90. The molecule has 8 nitrogen and oxygen atoms in total. The molecule has 2 N–H and O–H groups in total. The lowest BCUT2D eigenvalue weighted by atomic mass is 9.89. The van der Waals surface area contributed by atoms with Crippen molar-refractivity contribution in [3.63, 3.8) is 0 Å². The molecule has 2 fully saturated rings. The molecule has 8 heteroatoms. The molecule has 2 saturated heterocycles. The fourth-order valence-electron chi connectivity index (χ4n) is 4.46. The maximum atomic E-state index is 12.6. The van der Waals surface area contributed by atoms with E-state index in [1.165, 1.54) is 0 Å². The number of carbonyl (C=O) groups is 2. The van der Waals surface area contributed by atoms with Gasteiger partial charge in [0.25, 0.3) is 0 Å². The van der Waals surface area contributed by atoms with E-state index in [0.29, 0.717) is 44.2 Å². The highest BCUT2D eigenvalue weighted by molar-refractivity contribution is 5.77. The minimum absolute atomic E-state index is 0.0224. The van der Waals surface area contributed by atoms with Crippen molar-refractivity contribution in [2.75, 3.05) is 19.6 Å². The van der Waals surface area contributed by atoms with Gasteiger partial charge in [-0.15, -0.1) is 0 Å². The van der Waals surface area contributed by atoms with Gasteiger partial charge in [0.1, 0.15) is 5.82 Å². The molecule has 0 aliphatic carbocycles. The van der Waals surface area contributed by atoms with Gasteiger partial charge in [-0.1, -0.05) is 30.3 Å². The summed E-state index contributed by atoms with van der Waals surface area (Å²) in [5.74, 6) is 1.20. The molecule has 142 valence electrons. The maximum absolute atomic E-state index is 12.6. The van der Waals surface area contributed by atoms with Crippen molar-refractivity contribution in [3.8, 4) is 0 Å². The topological polar surface area (TPSA) is 102 Å². The molecule has 1 aromatic heterocycles. The normalized spacial score (nSPS) is 24.3. The minimum Gasteiger partial charge on any atom is -0.342 e. The third-order valence-electron chi connectivity index (χ3n) is 5.69. The highest BCUT2D eigenvalue weighted by atomic mass is 16.2. The van der Waals surface area contributed by atoms with E-state index in [9.17, 15) is 14.4 Å². The standard InChI is InChI=1S/C19H23N5O3/c1-12(25)24-10-14-9-23(17(26)8-7-16-20-19(27)22-21-16)11-15(14)18(24)13-5-3-2-4-6-13/h2-6,14-15,18H,7-11H2,1H3,(H2,20,21,22,27)/t14-,15-,18+/m1/s1. The summed E-state index contributed by atoms with van der Waals surface area (Å²) in [6.07, 6.45) is 0.720. The Bertz CT molecular complexity index is 890. The highest BCUT2D eigenvalue weighted by Gasteiger charge is 2.49. The van der Waals surface area contributed by atoms with Gasteiger partial charge < -0.3 is 9.80 Å². The Morgan fingerprint density at radius 1 is 1.19 bits per heavy atom. The number of carbonyl (C=O) groups excluding carboxylic acids is 2. The molecule has 2 amide bonds. The molecule has 2 aromatic rings.